The van der Waals surface area contributed by atoms with E-state index >= 15 is 0 Å². The average molecular weight is 217 g/mol. The second-order valence-electron chi connectivity index (χ2n) is 5.39. The molecule has 1 aromatic rings. The zero-order valence-electron chi connectivity index (χ0n) is 9.82. The second kappa shape index (κ2) is 3.54. The van der Waals surface area contributed by atoms with Gasteiger partial charge in [-0.2, -0.15) is 0 Å². The lowest BCUT2D eigenvalue weighted by Gasteiger charge is -2.40. The summed E-state index contributed by atoms with van der Waals surface area (Å²) in [7, 11) is 2.20. The predicted octanol–water partition coefficient (Wildman–Crippen LogP) is 1.35. The first kappa shape index (κ1) is 10.2. The third kappa shape index (κ3) is 1.39. The fraction of sp³-hybridized carbons (Fsp3) is 0.615. The van der Waals surface area contributed by atoms with Crippen molar-refractivity contribution in [2.45, 2.75) is 25.3 Å². The van der Waals surface area contributed by atoms with Crippen LogP contribution in [0.2, 0.25) is 0 Å². The van der Waals surface area contributed by atoms with Crippen molar-refractivity contribution < 1.29 is 0 Å². The van der Waals surface area contributed by atoms with Gasteiger partial charge in [0.15, 0.2) is 0 Å². The van der Waals surface area contributed by atoms with Crippen LogP contribution in [0.15, 0.2) is 18.5 Å². The van der Waals surface area contributed by atoms with E-state index in [1.807, 2.05) is 12.4 Å². The predicted molar refractivity (Wildman–Crippen MR) is 64.0 cm³/mol. The smallest absolute Gasteiger partial charge is 0.0374 e. The highest BCUT2D eigenvalue weighted by molar-refractivity contribution is 5.35. The molecule has 1 fully saturated rings. The van der Waals surface area contributed by atoms with E-state index in [4.69, 9.17) is 5.73 Å². The Labute approximate surface area is 96.7 Å². The average Bonchev–Trinajstić information content (AvgIpc) is 2.58. The Morgan fingerprint density at radius 1 is 1.44 bits per heavy atom. The van der Waals surface area contributed by atoms with Crippen molar-refractivity contribution in [2.24, 2.45) is 11.1 Å². The standard InChI is InChI=1S/C13H19N3/c1-16-6-3-13(4-7-16)8-10-2-5-15-9-11(10)12(13)14/h2,5,9,12H,3-4,6-8,14H2,1H3/t12-/m0/s1. The molecule has 0 amide bonds. The molecular formula is C13H19N3. The fourth-order valence-corrected chi connectivity index (χ4v) is 3.25. The number of nitrogens with two attached hydrogens (primary N) is 1. The van der Waals surface area contributed by atoms with E-state index in [9.17, 15) is 0 Å². The molecule has 0 unspecified atom stereocenters. The van der Waals surface area contributed by atoms with Gasteiger partial charge in [0.25, 0.3) is 0 Å². The number of piperidine rings is 1. The molecule has 1 spiro atoms. The minimum Gasteiger partial charge on any atom is -0.323 e. The van der Waals surface area contributed by atoms with E-state index in [2.05, 4.69) is 23.0 Å². The molecule has 0 radical (unpaired) electrons. The molecule has 3 heteroatoms. The van der Waals surface area contributed by atoms with Crippen LogP contribution in [0.1, 0.15) is 30.0 Å². The molecule has 2 aliphatic rings. The first-order valence-corrected chi connectivity index (χ1v) is 6.08. The minimum absolute atomic E-state index is 0.199. The molecular weight excluding hydrogens is 198 g/mol. The van der Waals surface area contributed by atoms with Gasteiger partial charge in [0.05, 0.1) is 0 Å². The summed E-state index contributed by atoms with van der Waals surface area (Å²) in [4.78, 5) is 6.61. The highest BCUT2D eigenvalue weighted by Crippen LogP contribution is 2.50. The molecule has 86 valence electrons. The third-order valence-corrected chi connectivity index (χ3v) is 4.47. The van der Waals surface area contributed by atoms with Gasteiger partial charge in [-0.05, 0) is 62.0 Å². The van der Waals surface area contributed by atoms with Crippen LogP contribution >= 0.6 is 0 Å². The van der Waals surface area contributed by atoms with Crippen molar-refractivity contribution in [1.82, 2.24) is 9.88 Å². The highest BCUT2D eigenvalue weighted by Gasteiger charge is 2.45. The maximum atomic E-state index is 6.44. The molecule has 1 aromatic heterocycles. The minimum atomic E-state index is 0.199. The van der Waals surface area contributed by atoms with Crippen molar-refractivity contribution in [3.63, 3.8) is 0 Å². The Morgan fingerprint density at radius 2 is 2.19 bits per heavy atom. The Morgan fingerprint density at radius 3 is 2.88 bits per heavy atom. The summed E-state index contributed by atoms with van der Waals surface area (Å²) in [5.74, 6) is 0. The monoisotopic (exact) mass is 217 g/mol. The number of fused-ring (bicyclic) bond motifs is 1. The van der Waals surface area contributed by atoms with Gasteiger partial charge >= 0.3 is 0 Å². The SMILES string of the molecule is CN1CCC2(CC1)Cc1ccncc1[C@@H]2N. The van der Waals surface area contributed by atoms with Crippen LogP contribution in [0.5, 0.6) is 0 Å². The Hall–Kier alpha value is -0.930. The van der Waals surface area contributed by atoms with Crippen molar-refractivity contribution in [3.05, 3.63) is 29.6 Å². The number of likely N-dealkylation sites (tertiary alicyclic amines) is 1. The van der Waals surface area contributed by atoms with Gasteiger partial charge in [0, 0.05) is 18.4 Å². The fourth-order valence-electron chi connectivity index (χ4n) is 3.25. The molecule has 2 heterocycles. The van der Waals surface area contributed by atoms with Crippen LogP contribution in [-0.2, 0) is 6.42 Å². The highest BCUT2D eigenvalue weighted by atomic mass is 15.1. The third-order valence-electron chi connectivity index (χ3n) is 4.47. The van der Waals surface area contributed by atoms with Crippen molar-refractivity contribution in [3.8, 4) is 0 Å². The molecule has 1 saturated heterocycles. The van der Waals surface area contributed by atoms with Crippen molar-refractivity contribution in [2.75, 3.05) is 20.1 Å². The maximum absolute atomic E-state index is 6.44. The van der Waals surface area contributed by atoms with Crippen LogP contribution in [-0.4, -0.2) is 30.0 Å². The Balaban J connectivity index is 1.91. The number of hydrogen-bond donors (Lipinski definition) is 1. The number of hydrogen-bond acceptors (Lipinski definition) is 3. The van der Waals surface area contributed by atoms with E-state index in [0.717, 1.165) is 6.42 Å². The lowest BCUT2D eigenvalue weighted by molar-refractivity contribution is 0.106. The molecule has 2 N–H and O–H groups in total. The van der Waals surface area contributed by atoms with Gasteiger partial charge in [0.1, 0.15) is 0 Å². The van der Waals surface area contributed by atoms with Crippen LogP contribution in [0.3, 0.4) is 0 Å². The maximum Gasteiger partial charge on any atom is 0.0374 e. The van der Waals surface area contributed by atoms with E-state index < -0.39 is 0 Å². The van der Waals surface area contributed by atoms with Crippen LogP contribution in [0, 0.1) is 5.41 Å². The van der Waals surface area contributed by atoms with E-state index in [1.54, 1.807) is 0 Å². The quantitative estimate of drug-likeness (QED) is 0.713. The Bertz CT molecular complexity index is 394. The molecule has 16 heavy (non-hydrogen) atoms. The molecule has 1 aliphatic heterocycles. The molecule has 0 aromatic carbocycles. The van der Waals surface area contributed by atoms with Crippen molar-refractivity contribution >= 4 is 0 Å². The van der Waals surface area contributed by atoms with E-state index in [-0.39, 0.29) is 6.04 Å². The van der Waals surface area contributed by atoms with Crippen LogP contribution in [0.4, 0.5) is 0 Å². The lowest BCUT2D eigenvalue weighted by Crippen LogP contribution is -2.42. The van der Waals surface area contributed by atoms with E-state index in [1.165, 1.54) is 37.1 Å². The largest absolute Gasteiger partial charge is 0.323 e. The molecule has 0 bridgehead atoms. The first-order valence-electron chi connectivity index (χ1n) is 6.08. The zero-order chi connectivity index (χ0) is 11.2. The van der Waals surface area contributed by atoms with Gasteiger partial charge in [-0.15, -0.1) is 0 Å². The number of pyridine rings is 1. The summed E-state index contributed by atoms with van der Waals surface area (Å²) in [5.41, 5.74) is 9.47. The summed E-state index contributed by atoms with van der Waals surface area (Å²) in [6.07, 6.45) is 7.45. The van der Waals surface area contributed by atoms with Gasteiger partial charge in [-0.1, -0.05) is 0 Å². The van der Waals surface area contributed by atoms with Gasteiger partial charge in [-0.3, -0.25) is 4.98 Å². The van der Waals surface area contributed by atoms with Gasteiger partial charge < -0.3 is 10.6 Å². The van der Waals surface area contributed by atoms with Crippen molar-refractivity contribution in [1.29, 1.82) is 0 Å². The molecule has 3 nitrogen and oxygen atoms in total. The normalized spacial score (nSPS) is 28.2. The summed E-state index contributed by atoms with van der Waals surface area (Å²) >= 11 is 0. The molecule has 3 rings (SSSR count). The molecule has 1 atom stereocenters. The topological polar surface area (TPSA) is 42.2 Å². The van der Waals surface area contributed by atoms with Gasteiger partial charge in [-0.25, -0.2) is 0 Å². The number of aromatic nitrogens is 1. The zero-order valence-corrected chi connectivity index (χ0v) is 9.82. The lowest BCUT2D eigenvalue weighted by atomic mass is 9.73. The number of rotatable bonds is 0. The van der Waals surface area contributed by atoms with E-state index in [0.29, 0.717) is 5.41 Å². The molecule has 1 aliphatic carbocycles. The first-order chi connectivity index (χ1) is 7.71. The summed E-state index contributed by atoms with van der Waals surface area (Å²) < 4.78 is 0. The second-order valence-corrected chi connectivity index (χ2v) is 5.39. The number of nitrogens with zero attached hydrogens (tertiary/aromatic N) is 2. The van der Waals surface area contributed by atoms with Gasteiger partial charge in [0.2, 0.25) is 0 Å². The van der Waals surface area contributed by atoms with Crippen LogP contribution in [0.25, 0.3) is 0 Å². The van der Waals surface area contributed by atoms with Crippen LogP contribution < -0.4 is 5.73 Å². The summed E-state index contributed by atoms with van der Waals surface area (Å²) in [5, 5.41) is 0. The Kier molecular flexibility index (Phi) is 2.26. The molecule has 0 saturated carbocycles. The summed E-state index contributed by atoms with van der Waals surface area (Å²) in [6, 6.07) is 2.34. The summed E-state index contributed by atoms with van der Waals surface area (Å²) in [6.45, 7) is 2.35.